The number of nitrogens with zero attached hydrogens (tertiary/aromatic N) is 3. The molecule has 1 aromatic carbocycles. The Balaban J connectivity index is 1.94. The molecule has 2 heterocycles. The molecule has 0 spiro atoms. The first-order chi connectivity index (χ1) is 13.8. The third-order valence-corrected chi connectivity index (χ3v) is 3.89. The van der Waals surface area contributed by atoms with Crippen LogP contribution in [-0.2, 0) is 9.59 Å². The summed E-state index contributed by atoms with van der Waals surface area (Å²) in [5.41, 5.74) is 1.81. The number of amides is 2. The third kappa shape index (κ3) is 4.98. The topological polar surface area (TPSA) is 98.1 Å². The minimum absolute atomic E-state index is 0.258. The van der Waals surface area contributed by atoms with Crippen LogP contribution in [0.3, 0.4) is 0 Å². The summed E-state index contributed by atoms with van der Waals surface area (Å²) in [4.78, 5) is 28.6. The highest BCUT2D eigenvalue weighted by molar-refractivity contribution is 6.39. The van der Waals surface area contributed by atoms with E-state index in [-0.39, 0.29) is 5.82 Å². The molecule has 29 heavy (non-hydrogen) atoms. The molecule has 0 aliphatic rings. The lowest BCUT2D eigenvalue weighted by atomic mass is 10.1. The number of carbonyl (C=O) groups is 2. The maximum Gasteiger partial charge on any atom is 0.314 e. The van der Waals surface area contributed by atoms with Crippen molar-refractivity contribution in [3.05, 3.63) is 54.7 Å². The zero-order valence-electron chi connectivity index (χ0n) is 16.8. The van der Waals surface area contributed by atoms with Crippen molar-refractivity contribution < 1.29 is 14.3 Å². The molecule has 0 saturated heterocycles. The number of anilines is 1. The summed E-state index contributed by atoms with van der Waals surface area (Å²) in [6.45, 7) is 5.41. The van der Waals surface area contributed by atoms with Crippen LogP contribution in [0.2, 0.25) is 0 Å². The van der Waals surface area contributed by atoms with Crippen molar-refractivity contribution >= 4 is 17.6 Å². The largest absolute Gasteiger partial charge is 0.481 e. The summed E-state index contributed by atoms with van der Waals surface area (Å²) in [6, 6.07) is 14.8. The van der Waals surface area contributed by atoms with E-state index < -0.39 is 17.4 Å². The highest BCUT2D eigenvalue weighted by Gasteiger charge is 2.22. The van der Waals surface area contributed by atoms with Gasteiger partial charge in [0, 0.05) is 23.2 Å². The summed E-state index contributed by atoms with van der Waals surface area (Å²) in [5, 5.41) is 9.64. The predicted molar refractivity (Wildman–Crippen MR) is 110 cm³/mol. The molecule has 2 amide bonds. The molecule has 0 atom stereocenters. The molecule has 8 nitrogen and oxygen atoms in total. The molecule has 150 valence electrons. The number of methoxy groups -OCH3 is 1. The van der Waals surface area contributed by atoms with E-state index in [2.05, 4.69) is 20.7 Å². The number of benzene rings is 1. The predicted octanol–water partition coefficient (Wildman–Crippen LogP) is 2.80. The minimum Gasteiger partial charge on any atom is -0.481 e. The number of rotatable bonds is 4. The third-order valence-electron chi connectivity index (χ3n) is 3.89. The molecule has 0 aliphatic carbocycles. The molecule has 3 rings (SSSR count). The van der Waals surface area contributed by atoms with E-state index in [0.717, 1.165) is 11.3 Å². The highest BCUT2D eigenvalue weighted by Crippen LogP contribution is 2.26. The number of nitrogens with one attached hydrogen (secondary N) is 2. The van der Waals surface area contributed by atoms with Crippen LogP contribution in [0, 0.1) is 0 Å². The van der Waals surface area contributed by atoms with Crippen LogP contribution in [0.4, 0.5) is 5.82 Å². The molecule has 3 aromatic rings. The monoisotopic (exact) mass is 393 g/mol. The molecule has 2 N–H and O–H groups in total. The van der Waals surface area contributed by atoms with Crippen LogP contribution in [-0.4, -0.2) is 39.2 Å². The molecule has 0 bridgehead atoms. The average molecular weight is 393 g/mol. The molecule has 0 fully saturated rings. The second-order valence-corrected chi connectivity index (χ2v) is 7.41. The molecular weight excluding hydrogens is 370 g/mol. The van der Waals surface area contributed by atoms with Gasteiger partial charge in [-0.15, -0.1) is 5.10 Å². The minimum atomic E-state index is -0.781. The van der Waals surface area contributed by atoms with E-state index in [1.165, 1.54) is 0 Å². The van der Waals surface area contributed by atoms with Crippen LogP contribution < -0.4 is 15.4 Å². The van der Waals surface area contributed by atoms with Crippen molar-refractivity contribution in [3.8, 4) is 22.8 Å². The normalized spacial score (nSPS) is 11.0. The lowest BCUT2D eigenvalue weighted by molar-refractivity contribution is -0.137. The fourth-order valence-corrected chi connectivity index (χ4v) is 2.64. The van der Waals surface area contributed by atoms with Gasteiger partial charge >= 0.3 is 11.8 Å². The zero-order chi connectivity index (χ0) is 21.0. The van der Waals surface area contributed by atoms with Gasteiger partial charge in [-0.3, -0.25) is 9.59 Å². The number of aromatic nitrogens is 3. The van der Waals surface area contributed by atoms with Crippen LogP contribution in [0.5, 0.6) is 5.88 Å². The van der Waals surface area contributed by atoms with E-state index in [1.807, 2.05) is 36.4 Å². The van der Waals surface area contributed by atoms with E-state index in [1.54, 1.807) is 50.9 Å². The Morgan fingerprint density at radius 2 is 1.76 bits per heavy atom. The Morgan fingerprint density at radius 3 is 2.34 bits per heavy atom. The first-order valence-corrected chi connectivity index (χ1v) is 9.06. The van der Waals surface area contributed by atoms with E-state index in [9.17, 15) is 9.59 Å². The summed E-state index contributed by atoms with van der Waals surface area (Å²) in [5.74, 6) is -0.764. The number of carbonyl (C=O) groups excluding carboxylic acids is 2. The zero-order valence-corrected chi connectivity index (χ0v) is 16.8. The lowest BCUT2D eigenvalue weighted by Gasteiger charge is -2.19. The molecule has 0 unspecified atom stereocenters. The highest BCUT2D eigenvalue weighted by atomic mass is 16.5. The van der Waals surface area contributed by atoms with Crippen LogP contribution in [0.25, 0.3) is 16.9 Å². The lowest BCUT2D eigenvalue weighted by Crippen LogP contribution is -2.46. The first-order valence-electron chi connectivity index (χ1n) is 9.06. The number of hydrogen-bond donors (Lipinski definition) is 2. The Labute approximate surface area is 168 Å². The Morgan fingerprint density at radius 1 is 1.03 bits per heavy atom. The second-order valence-electron chi connectivity index (χ2n) is 7.41. The maximum absolute atomic E-state index is 12.3. The van der Waals surface area contributed by atoms with Gasteiger partial charge in [0.05, 0.1) is 24.7 Å². The molecule has 0 saturated carbocycles. The van der Waals surface area contributed by atoms with Gasteiger partial charge in [-0.05, 0) is 26.8 Å². The van der Waals surface area contributed by atoms with Gasteiger partial charge in [0.15, 0.2) is 5.82 Å². The van der Waals surface area contributed by atoms with Crippen molar-refractivity contribution in [1.82, 2.24) is 20.1 Å². The summed E-state index contributed by atoms with van der Waals surface area (Å²) in [7, 11) is 1.54. The molecule has 2 aromatic heterocycles. The Kier molecular flexibility index (Phi) is 5.63. The van der Waals surface area contributed by atoms with Crippen molar-refractivity contribution in [3.63, 3.8) is 0 Å². The van der Waals surface area contributed by atoms with Crippen molar-refractivity contribution in [1.29, 1.82) is 0 Å². The summed E-state index contributed by atoms with van der Waals surface area (Å²) < 4.78 is 6.75. The number of ether oxygens (including phenoxy) is 1. The standard InChI is InChI=1S/C21H23N5O3/c1-21(2,3)24-20(28)19(27)23-17-12-16(14-8-6-5-7-9-14)26(25-17)15-10-11-18(29-4)22-13-15/h5-13H,1-4H3,(H,24,28)(H,23,25,27). The molecule has 0 aliphatic heterocycles. The van der Waals surface area contributed by atoms with Gasteiger partial charge in [0.25, 0.3) is 0 Å². The fraction of sp³-hybridized carbons (Fsp3) is 0.238. The second kappa shape index (κ2) is 8.14. The van der Waals surface area contributed by atoms with E-state index in [4.69, 9.17) is 4.74 Å². The smallest absolute Gasteiger partial charge is 0.314 e. The van der Waals surface area contributed by atoms with E-state index in [0.29, 0.717) is 11.6 Å². The quantitative estimate of drug-likeness (QED) is 0.664. The first kappa shape index (κ1) is 20.1. The van der Waals surface area contributed by atoms with Gasteiger partial charge in [-0.25, -0.2) is 9.67 Å². The van der Waals surface area contributed by atoms with Crippen LogP contribution in [0.15, 0.2) is 54.7 Å². The van der Waals surface area contributed by atoms with Crippen molar-refractivity contribution in [2.24, 2.45) is 0 Å². The van der Waals surface area contributed by atoms with E-state index >= 15 is 0 Å². The van der Waals surface area contributed by atoms with Gasteiger partial charge in [-0.2, -0.15) is 0 Å². The van der Waals surface area contributed by atoms with Gasteiger partial charge in [0.1, 0.15) is 0 Å². The Bertz CT molecular complexity index is 1010. The Hall–Kier alpha value is -3.68. The van der Waals surface area contributed by atoms with Gasteiger partial charge in [-0.1, -0.05) is 30.3 Å². The fourth-order valence-electron chi connectivity index (χ4n) is 2.64. The molecular formula is C21H23N5O3. The maximum atomic E-state index is 12.3. The average Bonchev–Trinajstić information content (AvgIpc) is 3.11. The van der Waals surface area contributed by atoms with Crippen LogP contribution >= 0.6 is 0 Å². The summed E-state index contributed by atoms with van der Waals surface area (Å²) >= 11 is 0. The van der Waals surface area contributed by atoms with Gasteiger partial charge < -0.3 is 15.4 Å². The van der Waals surface area contributed by atoms with Crippen molar-refractivity contribution in [2.75, 3.05) is 12.4 Å². The number of hydrogen-bond acceptors (Lipinski definition) is 5. The molecule has 0 radical (unpaired) electrons. The SMILES string of the molecule is COc1ccc(-n2nc(NC(=O)C(=O)NC(C)(C)C)cc2-c2ccccc2)cn1. The molecule has 8 heteroatoms. The van der Waals surface area contributed by atoms with Gasteiger partial charge in [0.2, 0.25) is 5.88 Å². The van der Waals surface area contributed by atoms with Crippen LogP contribution in [0.1, 0.15) is 20.8 Å². The number of pyridine rings is 1. The van der Waals surface area contributed by atoms with Crippen molar-refractivity contribution in [2.45, 2.75) is 26.3 Å². The summed E-state index contributed by atoms with van der Waals surface area (Å²) in [6.07, 6.45) is 1.62.